The van der Waals surface area contributed by atoms with Gasteiger partial charge in [-0.2, -0.15) is 0 Å². The van der Waals surface area contributed by atoms with Gasteiger partial charge in [0.2, 0.25) is 0 Å². The summed E-state index contributed by atoms with van der Waals surface area (Å²) < 4.78 is 0. The summed E-state index contributed by atoms with van der Waals surface area (Å²) in [6, 6.07) is 4.05. The van der Waals surface area contributed by atoms with Crippen LogP contribution >= 0.6 is 0 Å². The summed E-state index contributed by atoms with van der Waals surface area (Å²) in [5, 5.41) is 22.4. The van der Waals surface area contributed by atoms with E-state index in [4.69, 9.17) is 5.11 Å². The van der Waals surface area contributed by atoms with Crippen LogP contribution in [0.4, 0.5) is 5.69 Å². The third-order valence-corrected chi connectivity index (χ3v) is 3.27. The standard InChI is InChI=1S/C15H20N2O5/c1-9(2)6-12(15(19)20)8-16-14(18)11-4-5-13(17(21)22)10(3)7-11/h4-5,7,9,12H,6,8H2,1-3H3,(H,16,18)(H,19,20). The molecule has 0 aliphatic rings. The number of aliphatic carboxylic acids is 1. The number of nitro benzene ring substituents is 1. The second-order valence-corrected chi connectivity index (χ2v) is 5.63. The molecule has 0 fully saturated rings. The number of hydrogen-bond donors (Lipinski definition) is 2. The van der Waals surface area contributed by atoms with E-state index in [-0.39, 0.29) is 23.7 Å². The largest absolute Gasteiger partial charge is 0.481 e. The Labute approximate surface area is 128 Å². The normalized spacial score (nSPS) is 12.0. The summed E-state index contributed by atoms with van der Waals surface area (Å²) in [5.74, 6) is -1.83. The van der Waals surface area contributed by atoms with Gasteiger partial charge in [0.05, 0.1) is 10.8 Å². The molecular weight excluding hydrogens is 288 g/mol. The number of carboxylic acids is 1. The van der Waals surface area contributed by atoms with Crippen molar-refractivity contribution in [2.75, 3.05) is 6.54 Å². The van der Waals surface area contributed by atoms with E-state index in [1.807, 2.05) is 13.8 Å². The molecule has 120 valence electrons. The minimum absolute atomic E-state index is 0.0301. The van der Waals surface area contributed by atoms with Crippen LogP contribution in [0.5, 0.6) is 0 Å². The van der Waals surface area contributed by atoms with Crippen molar-refractivity contribution in [2.24, 2.45) is 11.8 Å². The Balaban J connectivity index is 2.74. The molecule has 0 saturated carbocycles. The Kier molecular flexibility index (Phi) is 6.03. The first-order chi connectivity index (χ1) is 10.2. The number of rotatable bonds is 7. The predicted octanol–water partition coefficient (Wildman–Crippen LogP) is 2.38. The lowest BCUT2D eigenvalue weighted by Gasteiger charge is -2.15. The molecule has 0 heterocycles. The molecule has 1 aromatic rings. The number of benzene rings is 1. The molecule has 7 heteroatoms. The first kappa shape index (κ1) is 17.6. The first-order valence-corrected chi connectivity index (χ1v) is 6.98. The van der Waals surface area contributed by atoms with Crippen LogP contribution < -0.4 is 5.32 Å². The summed E-state index contributed by atoms with van der Waals surface area (Å²) in [5.41, 5.74) is 0.603. The number of nitrogens with one attached hydrogen (secondary N) is 1. The molecular formula is C15H20N2O5. The van der Waals surface area contributed by atoms with Crippen molar-refractivity contribution in [1.82, 2.24) is 5.32 Å². The number of amides is 1. The van der Waals surface area contributed by atoms with E-state index < -0.39 is 22.7 Å². The van der Waals surface area contributed by atoms with E-state index in [1.54, 1.807) is 6.92 Å². The second kappa shape index (κ2) is 7.53. The van der Waals surface area contributed by atoms with Crippen LogP contribution in [0.25, 0.3) is 0 Å². The van der Waals surface area contributed by atoms with Gasteiger partial charge in [-0.3, -0.25) is 19.7 Å². The van der Waals surface area contributed by atoms with Crippen LogP contribution in [0.3, 0.4) is 0 Å². The molecule has 0 saturated heterocycles. The molecule has 0 aliphatic heterocycles. The highest BCUT2D eigenvalue weighted by Crippen LogP contribution is 2.19. The average molecular weight is 308 g/mol. The number of carbonyl (C=O) groups excluding carboxylic acids is 1. The van der Waals surface area contributed by atoms with Gasteiger partial charge in [-0.05, 0) is 31.4 Å². The van der Waals surface area contributed by atoms with Gasteiger partial charge in [0.1, 0.15) is 0 Å². The monoisotopic (exact) mass is 308 g/mol. The van der Waals surface area contributed by atoms with Crippen LogP contribution in [0.1, 0.15) is 36.2 Å². The fourth-order valence-electron chi connectivity index (χ4n) is 2.16. The van der Waals surface area contributed by atoms with Crippen LogP contribution in [0.2, 0.25) is 0 Å². The van der Waals surface area contributed by atoms with Crippen molar-refractivity contribution < 1.29 is 19.6 Å². The Morgan fingerprint density at radius 3 is 2.45 bits per heavy atom. The Morgan fingerprint density at radius 2 is 2.00 bits per heavy atom. The van der Waals surface area contributed by atoms with Crippen LogP contribution in [0.15, 0.2) is 18.2 Å². The SMILES string of the molecule is Cc1cc(C(=O)NCC(CC(C)C)C(=O)O)ccc1[N+](=O)[O-]. The minimum atomic E-state index is -0.950. The molecule has 0 bridgehead atoms. The van der Waals surface area contributed by atoms with E-state index in [2.05, 4.69) is 5.32 Å². The summed E-state index contributed by atoms with van der Waals surface area (Å²) in [4.78, 5) is 33.4. The maximum atomic E-state index is 12.0. The van der Waals surface area contributed by atoms with Crippen molar-refractivity contribution in [3.63, 3.8) is 0 Å². The number of hydrogen-bond acceptors (Lipinski definition) is 4. The fraction of sp³-hybridized carbons (Fsp3) is 0.467. The van der Waals surface area contributed by atoms with Gasteiger partial charge in [0.25, 0.3) is 11.6 Å². The smallest absolute Gasteiger partial charge is 0.308 e. The van der Waals surface area contributed by atoms with Crippen molar-refractivity contribution >= 4 is 17.6 Å². The summed E-state index contributed by atoms with van der Waals surface area (Å²) in [6.07, 6.45) is 0.467. The number of carbonyl (C=O) groups is 2. The highest BCUT2D eigenvalue weighted by atomic mass is 16.6. The molecule has 1 aromatic carbocycles. The van der Waals surface area contributed by atoms with Gasteiger partial charge in [-0.1, -0.05) is 13.8 Å². The third kappa shape index (κ3) is 4.83. The van der Waals surface area contributed by atoms with Gasteiger partial charge in [0, 0.05) is 23.7 Å². The zero-order valence-electron chi connectivity index (χ0n) is 12.8. The van der Waals surface area contributed by atoms with Crippen LogP contribution in [-0.4, -0.2) is 28.5 Å². The second-order valence-electron chi connectivity index (χ2n) is 5.63. The number of carboxylic acid groups (broad SMARTS) is 1. The van der Waals surface area contributed by atoms with Crippen molar-refractivity contribution in [3.8, 4) is 0 Å². The first-order valence-electron chi connectivity index (χ1n) is 6.98. The number of nitrogens with zero attached hydrogens (tertiary/aromatic N) is 1. The molecule has 0 radical (unpaired) electrons. The average Bonchev–Trinajstić information content (AvgIpc) is 2.41. The number of nitro groups is 1. The van der Waals surface area contributed by atoms with Gasteiger partial charge in [-0.25, -0.2) is 0 Å². The lowest BCUT2D eigenvalue weighted by atomic mass is 9.97. The molecule has 1 unspecified atom stereocenters. The summed E-state index contributed by atoms with van der Waals surface area (Å²) in [7, 11) is 0. The minimum Gasteiger partial charge on any atom is -0.481 e. The quantitative estimate of drug-likeness (QED) is 0.593. The molecule has 1 amide bonds. The van der Waals surface area contributed by atoms with E-state index in [0.717, 1.165) is 0 Å². The Bertz CT molecular complexity index is 583. The van der Waals surface area contributed by atoms with Gasteiger partial charge in [0.15, 0.2) is 0 Å². The summed E-state index contributed by atoms with van der Waals surface area (Å²) in [6.45, 7) is 5.41. The fourth-order valence-corrected chi connectivity index (χ4v) is 2.16. The van der Waals surface area contributed by atoms with Crippen molar-refractivity contribution in [2.45, 2.75) is 27.2 Å². The molecule has 0 aromatic heterocycles. The number of aryl methyl sites for hydroxylation is 1. The van der Waals surface area contributed by atoms with E-state index in [1.165, 1.54) is 18.2 Å². The molecule has 22 heavy (non-hydrogen) atoms. The molecule has 2 N–H and O–H groups in total. The lowest BCUT2D eigenvalue weighted by Crippen LogP contribution is -2.33. The lowest BCUT2D eigenvalue weighted by molar-refractivity contribution is -0.385. The van der Waals surface area contributed by atoms with E-state index >= 15 is 0 Å². The Hall–Kier alpha value is -2.44. The summed E-state index contributed by atoms with van der Waals surface area (Å²) >= 11 is 0. The zero-order chi connectivity index (χ0) is 16.9. The van der Waals surface area contributed by atoms with Gasteiger partial charge in [-0.15, -0.1) is 0 Å². The highest BCUT2D eigenvalue weighted by Gasteiger charge is 2.20. The zero-order valence-corrected chi connectivity index (χ0v) is 12.8. The molecule has 0 spiro atoms. The van der Waals surface area contributed by atoms with E-state index in [9.17, 15) is 19.7 Å². The molecule has 7 nitrogen and oxygen atoms in total. The van der Waals surface area contributed by atoms with Crippen LogP contribution in [-0.2, 0) is 4.79 Å². The molecule has 0 aliphatic carbocycles. The van der Waals surface area contributed by atoms with Gasteiger partial charge >= 0.3 is 5.97 Å². The highest BCUT2D eigenvalue weighted by molar-refractivity contribution is 5.94. The maximum Gasteiger partial charge on any atom is 0.308 e. The molecule has 1 rings (SSSR count). The van der Waals surface area contributed by atoms with Crippen molar-refractivity contribution in [3.05, 3.63) is 39.4 Å². The molecule has 1 atom stereocenters. The van der Waals surface area contributed by atoms with Gasteiger partial charge < -0.3 is 10.4 Å². The van der Waals surface area contributed by atoms with E-state index in [0.29, 0.717) is 12.0 Å². The predicted molar refractivity (Wildman–Crippen MR) is 80.7 cm³/mol. The van der Waals surface area contributed by atoms with Crippen molar-refractivity contribution in [1.29, 1.82) is 0 Å². The maximum absolute atomic E-state index is 12.0. The van der Waals surface area contributed by atoms with Crippen LogP contribution in [0, 0.1) is 28.9 Å². The topological polar surface area (TPSA) is 110 Å². The third-order valence-electron chi connectivity index (χ3n) is 3.27. The Morgan fingerprint density at radius 1 is 1.36 bits per heavy atom.